The van der Waals surface area contributed by atoms with Gasteiger partial charge in [-0.05, 0) is 12.8 Å². The van der Waals surface area contributed by atoms with Crippen molar-refractivity contribution in [1.29, 1.82) is 0 Å². The van der Waals surface area contributed by atoms with Crippen LogP contribution in [-0.4, -0.2) is 35.1 Å². The van der Waals surface area contributed by atoms with Gasteiger partial charge >= 0.3 is 0 Å². The Morgan fingerprint density at radius 3 is 2.47 bits per heavy atom. The summed E-state index contributed by atoms with van der Waals surface area (Å²) in [5, 5.41) is 3.35. The highest BCUT2D eigenvalue weighted by molar-refractivity contribution is 5.41. The van der Waals surface area contributed by atoms with Gasteiger partial charge in [-0.3, -0.25) is 0 Å². The molecule has 0 radical (unpaired) electrons. The maximum atomic E-state index is 5.67. The Balaban J connectivity index is 2.09. The first kappa shape index (κ1) is 11.9. The van der Waals surface area contributed by atoms with Crippen LogP contribution in [0.3, 0.4) is 0 Å². The number of aromatic nitrogens is 3. The molecule has 17 heavy (non-hydrogen) atoms. The number of nitrogens with one attached hydrogen (secondary N) is 1. The highest BCUT2D eigenvalue weighted by atomic mass is 15.3. The number of hydrogen-bond acceptors (Lipinski definition) is 6. The van der Waals surface area contributed by atoms with Gasteiger partial charge in [0.1, 0.15) is 0 Å². The van der Waals surface area contributed by atoms with Gasteiger partial charge in [-0.1, -0.05) is 19.3 Å². The van der Waals surface area contributed by atoms with Crippen LogP contribution in [0.4, 0.5) is 17.8 Å². The van der Waals surface area contributed by atoms with E-state index >= 15 is 0 Å². The molecule has 1 aliphatic rings. The van der Waals surface area contributed by atoms with E-state index in [-0.39, 0.29) is 5.95 Å². The van der Waals surface area contributed by atoms with Gasteiger partial charge in [-0.2, -0.15) is 15.0 Å². The lowest BCUT2D eigenvalue weighted by Gasteiger charge is -2.23. The van der Waals surface area contributed by atoms with Crippen molar-refractivity contribution in [1.82, 2.24) is 15.0 Å². The zero-order chi connectivity index (χ0) is 12.3. The summed E-state index contributed by atoms with van der Waals surface area (Å²) in [6, 6.07) is 0.473. The fourth-order valence-corrected chi connectivity index (χ4v) is 2.07. The summed E-state index contributed by atoms with van der Waals surface area (Å²) < 4.78 is 0. The molecule has 0 unspecified atom stereocenters. The minimum absolute atomic E-state index is 0.266. The molecule has 1 fully saturated rings. The quantitative estimate of drug-likeness (QED) is 0.822. The molecule has 6 heteroatoms. The van der Waals surface area contributed by atoms with Crippen LogP contribution in [0.1, 0.15) is 32.1 Å². The molecule has 1 aliphatic carbocycles. The van der Waals surface area contributed by atoms with E-state index in [2.05, 4.69) is 20.3 Å². The molecule has 0 amide bonds. The van der Waals surface area contributed by atoms with Crippen molar-refractivity contribution in [2.75, 3.05) is 30.0 Å². The van der Waals surface area contributed by atoms with Crippen molar-refractivity contribution in [3.8, 4) is 0 Å². The highest BCUT2D eigenvalue weighted by Crippen LogP contribution is 2.20. The van der Waals surface area contributed by atoms with Crippen LogP contribution >= 0.6 is 0 Å². The molecule has 1 heterocycles. The van der Waals surface area contributed by atoms with Gasteiger partial charge < -0.3 is 16.0 Å². The van der Waals surface area contributed by atoms with E-state index in [1.165, 1.54) is 32.1 Å². The highest BCUT2D eigenvalue weighted by Gasteiger charge is 2.15. The Bertz CT molecular complexity index is 372. The molecule has 94 valence electrons. The summed E-state index contributed by atoms with van der Waals surface area (Å²) in [5.41, 5.74) is 5.67. The summed E-state index contributed by atoms with van der Waals surface area (Å²) in [6.07, 6.45) is 6.25. The molecular weight excluding hydrogens is 216 g/mol. The third kappa shape index (κ3) is 3.18. The number of nitrogens with two attached hydrogens (primary N) is 1. The second-order valence-corrected chi connectivity index (χ2v) is 4.69. The number of rotatable bonds is 3. The van der Waals surface area contributed by atoms with Crippen LogP contribution in [0.5, 0.6) is 0 Å². The van der Waals surface area contributed by atoms with E-state index in [0.717, 1.165) is 0 Å². The maximum absolute atomic E-state index is 5.67. The zero-order valence-corrected chi connectivity index (χ0v) is 10.5. The molecule has 1 aromatic heterocycles. The lowest BCUT2D eigenvalue weighted by Crippen LogP contribution is -2.25. The predicted molar refractivity (Wildman–Crippen MR) is 69.1 cm³/mol. The third-order valence-electron chi connectivity index (χ3n) is 2.98. The van der Waals surface area contributed by atoms with Crippen molar-refractivity contribution in [3.05, 3.63) is 0 Å². The molecule has 2 rings (SSSR count). The maximum Gasteiger partial charge on any atom is 0.231 e. The third-order valence-corrected chi connectivity index (χ3v) is 2.98. The van der Waals surface area contributed by atoms with E-state index in [0.29, 0.717) is 17.9 Å². The number of nitrogen functional groups attached to an aromatic ring is 1. The van der Waals surface area contributed by atoms with E-state index in [9.17, 15) is 0 Å². The predicted octanol–water partition coefficient (Wildman–Crippen LogP) is 1.26. The monoisotopic (exact) mass is 236 g/mol. The van der Waals surface area contributed by atoms with Crippen LogP contribution in [0.15, 0.2) is 0 Å². The first-order valence-electron chi connectivity index (χ1n) is 6.10. The molecular formula is C11H20N6. The molecule has 1 saturated carbocycles. The Morgan fingerprint density at radius 2 is 1.82 bits per heavy atom. The van der Waals surface area contributed by atoms with E-state index in [4.69, 9.17) is 5.73 Å². The van der Waals surface area contributed by atoms with Crippen LogP contribution in [-0.2, 0) is 0 Å². The number of nitrogens with zero attached hydrogens (tertiary/aromatic N) is 4. The molecule has 0 bridgehead atoms. The van der Waals surface area contributed by atoms with Crippen LogP contribution in [0.2, 0.25) is 0 Å². The Labute approximate surface area is 102 Å². The Kier molecular flexibility index (Phi) is 3.61. The summed E-state index contributed by atoms with van der Waals surface area (Å²) in [7, 11) is 3.78. The van der Waals surface area contributed by atoms with Crippen LogP contribution in [0, 0.1) is 0 Å². The Hall–Kier alpha value is -1.59. The van der Waals surface area contributed by atoms with Crippen molar-refractivity contribution in [2.24, 2.45) is 0 Å². The minimum Gasteiger partial charge on any atom is -0.368 e. The van der Waals surface area contributed by atoms with Crippen molar-refractivity contribution < 1.29 is 0 Å². The molecule has 0 spiro atoms. The first-order chi connectivity index (χ1) is 8.15. The van der Waals surface area contributed by atoms with Gasteiger partial charge in [0.05, 0.1) is 0 Å². The van der Waals surface area contributed by atoms with Crippen molar-refractivity contribution in [3.63, 3.8) is 0 Å². The van der Waals surface area contributed by atoms with Crippen molar-refractivity contribution >= 4 is 17.8 Å². The van der Waals surface area contributed by atoms with Crippen molar-refractivity contribution in [2.45, 2.75) is 38.1 Å². The van der Waals surface area contributed by atoms with Gasteiger partial charge in [-0.15, -0.1) is 0 Å². The molecule has 0 atom stereocenters. The van der Waals surface area contributed by atoms with Crippen LogP contribution in [0.25, 0.3) is 0 Å². The SMILES string of the molecule is CN(C)c1nc(N)nc(NC2CCCCC2)n1. The van der Waals surface area contributed by atoms with Gasteiger partial charge in [-0.25, -0.2) is 0 Å². The van der Waals surface area contributed by atoms with Gasteiger partial charge in [0, 0.05) is 20.1 Å². The second kappa shape index (κ2) is 5.16. The summed E-state index contributed by atoms with van der Waals surface area (Å²) in [4.78, 5) is 14.4. The fourth-order valence-electron chi connectivity index (χ4n) is 2.07. The number of hydrogen-bond donors (Lipinski definition) is 2. The van der Waals surface area contributed by atoms with Gasteiger partial charge in [0.15, 0.2) is 0 Å². The molecule has 6 nitrogen and oxygen atoms in total. The van der Waals surface area contributed by atoms with Gasteiger partial charge in [0.2, 0.25) is 17.8 Å². The lowest BCUT2D eigenvalue weighted by atomic mass is 9.96. The molecule has 3 N–H and O–H groups in total. The lowest BCUT2D eigenvalue weighted by molar-refractivity contribution is 0.461. The average molecular weight is 236 g/mol. The second-order valence-electron chi connectivity index (χ2n) is 4.69. The zero-order valence-electron chi connectivity index (χ0n) is 10.5. The van der Waals surface area contributed by atoms with Crippen LogP contribution < -0.4 is 16.0 Å². The topological polar surface area (TPSA) is 80.0 Å². The van der Waals surface area contributed by atoms with E-state index in [1.807, 2.05) is 19.0 Å². The summed E-state index contributed by atoms with van der Waals surface area (Å²) in [6.45, 7) is 0. The minimum atomic E-state index is 0.266. The normalized spacial score (nSPS) is 16.8. The average Bonchev–Trinajstić information content (AvgIpc) is 2.29. The Morgan fingerprint density at radius 1 is 1.12 bits per heavy atom. The fraction of sp³-hybridized carbons (Fsp3) is 0.727. The molecule has 0 saturated heterocycles. The van der Waals surface area contributed by atoms with Gasteiger partial charge in [0.25, 0.3) is 0 Å². The standard InChI is InChI=1S/C11H20N6/c1-17(2)11-15-9(12)14-10(16-11)13-8-6-4-3-5-7-8/h8H,3-7H2,1-2H3,(H3,12,13,14,15,16). The molecule has 0 aliphatic heterocycles. The van der Waals surface area contributed by atoms with E-state index < -0.39 is 0 Å². The largest absolute Gasteiger partial charge is 0.368 e. The van der Waals surface area contributed by atoms with E-state index in [1.54, 1.807) is 0 Å². The molecule has 1 aromatic rings. The first-order valence-corrected chi connectivity index (χ1v) is 6.10. The smallest absolute Gasteiger partial charge is 0.231 e. The summed E-state index contributed by atoms with van der Waals surface area (Å²) >= 11 is 0. The summed E-state index contributed by atoms with van der Waals surface area (Å²) in [5.74, 6) is 1.45. The number of anilines is 3. The molecule has 0 aromatic carbocycles.